The number of hydrogen-bond acceptors (Lipinski definition) is 14. The summed E-state index contributed by atoms with van der Waals surface area (Å²) < 4.78 is 17.8. The highest BCUT2D eigenvalue weighted by Gasteiger charge is 2.41. The van der Waals surface area contributed by atoms with E-state index in [9.17, 15) is 33.6 Å². The number of aromatic amines is 2. The molecule has 3 aliphatic heterocycles. The van der Waals surface area contributed by atoms with Crippen LogP contribution >= 0.6 is 15.9 Å². The third kappa shape index (κ3) is 20.0. The van der Waals surface area contributed by atoms with Gasteiger partial charge < -0.3 is 59.3 Å². The molecule has 22 heteroatoms. The first-order valence-electron chi connectivity index (χ1n) is 34.4. The number of hydrogen-bond donors (Lipinski definition) is 4. The van der Waals surface area contributed by atoms with Crippen molar-refractivity contribution in [1.82, 2.24) is 45.2 Å². The minimum atomic E-state index is -0.588. The third-order valence-electron chi connectivity index (χ3n) is 18.4. The second kappa shape index (κ2) is 31.9. The van der Waals surface area contributed by atoms with Gasteiger partial charge in [-0.15, -0.1) is 0 Å². The molecule has 3 fully saturated rings. The second-order valence-electron chi connectivity index (χ2n) is 29.8. The lowest BCUT2D eigenvalue weighted by Crippen LogP contribution is -2.56. The molecule has 3 saturated heterocycles. The zero-order valence-electron chi connectivity index (χ0n) is 61.4. The molecular formula is C75H108BrN11O10. The number of nitrogens with one attached hydrogen (secondary N) is 4. The molecule has 0 bridgehead atoms. The largest absolute Gasteiger partial charge is 0.444 e. The predicted octanol–water partition coefficient (Wildman–Crippen LogP) is 13.3. The average Bonchev–Trinajstić information content (AvgIpc) is 0.781. The molecule has 8 rings (SSSR count). The van der Waals surface area contributed by atoms with Crippen molar-refractivity contribution < 1.29 is 38.2 Å². The number of amides is 5. The summed E-state index contributed by atoms with van der Waals surface area (Å²) in [5, 5.41) is 5.98. The fourth-order valence-electron chi connectivity index (χ4n) is 13.9. The van der Waals surface area contributed by atoms with E-state index >= 15 is 0 Å². The highest BCUT2D eigenvalue weighted by molar-refractivity contribution is 9.10. The van der Waals surface area contributed by atoms with Gasteiger partial charge in [-0.1, -0.05) is 22.0 Å². The maximum atomic E-state index is 14.1. The number of H-pyrrole nitrogens is 2. The molecule has 5 amide bonds. The monoisotopic (exact) mass is 1400 g/mol. The molecule has 0 unspecified atom stereocenters. The standard InChI is InChI=1S/C45H65N7O6.C30H43BrN4O4/c1-13-51(36-21-30(4)52(31(5)22-36)43(56)58-45(10,11)12)39-24-34(23-37(32(39)6)40(53)47-26-38-28(2)20-29(3)48-41(38)54)33-14-15-35(46-25-33)27-49-16-18-50(19-17-49)42(55)57-44(7,8)9;1-10-34(23-12-19(4)35(20(5)13-23)29(38)39-30(7,8)9)26-15-22(31)14-24(21(26)6)27(36)32-16-25-17(2)11-18(3)33-28(25)37/h14-15,20,23-25,30-31,36H,13,16-19,21-22,26-27H2,1-12H3,(H,47,53)(H,48,54);11,14-15,19-20,23H,10,12-13,16H2,1-9H3,(H,32,36)(H,33,37)/t30-,31-;19-,20-/m11/s1. The number of benzene rings is 2. The van der Waals surface area contributed by atoms with E-state index in [1.54, 1.807) is 4.90 Å². The zero-order chi connectivity index (χ0) is 71.9. The average molecular weight is 1400 g/mol. The molecule has 21 nitrogen and oxygen atoms in total. The summed E-state index contributed by atoms with van der Waals surface area (Å²) in [6, 6.07) is 16.0. The first kappa shape index (κ1) is 76.6. The molecule has 530 valence electrons. The summed E-state index contributed by atoms with van der Waals surface area (Å²) >= 11 is 3.61. The van der Waals surface area contributed by atoms with Gasteiger partial charge in [0, 0.05) is 156 Å². The lowest BCUT2D eigenvalue weighted by Gasteiger charge is -2.47. The van der Waals surface area contributed by atoms with Gasteiger partial charge in [0.25, 0.3) is 22.9 Å². The number of pyridine rings is 3. The topological polar surface area (TPSA) is 235 Å². The fourth-order valence-corrected chi connectivity index (χ4v) is 14.3. The number of aromatic nitrogens is 3. The number of anilines is 2. The van der Waals surface area contributed by atoms with Crippen LogP contribution in [0.5, 0.6) is 0 Å². The number of rotatable bonds is 15. The molecule has 4 N–H and O–H groups in total. The second-order valence-corrected chi connectivity index (χ2v) is 30.7. The summed E-state index contributed by atoms with van der Waals surface area (Å²) in [7, 11) is 0. The van der Waals surface area contributed by atoms with Crippen LogP contribution in [0.25, 0.3) is 11.1 Å². The SMILES string of the molecule is CCN(c1cc(-c2ccc(CN3CCN(C(=O)OC(C)(C)C)CC3)nc2)cc(C(=O)NCc2c(C)cc(C)[nH]c2=O)c1C)C1C[C@@H](C)N(C(=O)OC(C)(C)C)[C@H](C)C1.CCN(c1cc(Br)cc(C(=O)NCc2c(C)cc(C)[nH]c2=O)c1C)C1C[C@@H](C)N(C(=O)OC(C)(C)C)[C@H](C)C1. The Balaban J connectivity index is 0.000000296. The van der Waals surface area contributed by atoms with Crippen LogP contribution in [0.15, 0.2) is 68.8 Å². The number of likely N-dealkylation sites (tertiary alicyclic amines) is 2. The van der Waals surface area contributed by atoms with Crippen LogP contribution in [0, 0.1) is 41.5 Å². The molecule has 5 aromatic rings. The summed E-state index contributed by atoms with van der Waals surface area (Å²) in [4.78, 5) is 114. The van der Waals surface area contributed by atoms with Gasteiger partial charge in [-0.05, 0) is 241 Å². The number of carbonyl (C=O) groups excluding carboxylic acids is 5. The number of aryl methyl sites for hydroxylation is 4. The Bertz CT molecular complexity index is 3740. The Morgan fingerprint density at radius 3 is 1.34 bits per heavy atom. The third-order valence-corrected chi connectivity index (χ3v) is 18.8. The zero-order valence-corrected chi connectivity index (χ0v) is 63.0. The number of piperidine rings is 2. The van der Waals surface area contributed by atoms with Crippen LogP contribution in [-0.4, -0.2) is 157 Å². The minimum Gasteiger partial charge on any atom is -0.444 e. The van der Waals surface area contributed by atoms with Crippen LogP contribution in [0.4, 0.5) is 25.8 Å². The molecule has 0 aliphatic carbocycles. The number of nitrogens with zero attached hydrogens (tertiary/aromatic N) is 7. The minimum absolute atomic E-state index is 0.00807. The Hall–Kier alpha value is -7.72. The van der Waals surface area contributed by atoms with Gasteiger partial charge >= 0.3 is 18.3 Å². The summed E-state index contributed by atoms with van der Waals surface area (Å²) in [6.07, 6.45) is 4.06. The number of carbonyl (C=O) groups is 5. The van der Waals surface area contributed by atoms with E-state index < -0.39 is 16.8 Å². The van der Waals surface area contributed by atoms with Crippen LogP contribution in [0.1, 0.15) is 201 Å². The number of ether oxygens (including phenoxy) is 3. The Morgan fingerprint density at radius 1 is 0.557 bits per heavy atom. The van der Waals surface area contributed by atoms with Crippen molar-refractivity contribution in [3.05, 3.63) is 141 Å². The lowest BCUT2D eigenvalue weighted by atomic mass is 9.90. The first-order valence-corrected chi connectivity index (χ1v) is 35.2. The van der Waals surface area contributed by atoms with E-state index in [0.29, 0.717) is 48.4 Å². The summed E-state index contributed by atoms with van der Waals surface area (Å²) in [5.74, 6) is -0.500. The maximum absolute atomic E-state index is 14.1. The molecule has 97 heavy (non-hydrogen) atoms. The van der Waals surface area contributed by atoms with E-state index in [-0.39, 0.29) is 90.6 Å². The molecule has 0 radical (unpaired) electrons. The molecule has 3 aliphatic rings. The molecule has 0 saturated carbocycles. The van der Waals surface area contributed by atoms with Crippen molar-refractivity contribution in [3.63, 3.8) is 0 Å². The van der Waals surface area contributed by atoms with Crippen molar-refractivity contribution in [1.29, 1.82) is 0 Å². The van der Waals surface area contributed by atoms with E-state index in [1.807, 2.05) is 156 Å². The van der Waals surface area contributed by atoms with E-state index in [0.717, 1.165) is 112 Å². The van der Waals surface area contributed by atoms with Gasteiger partial charge in [0.1, 0.15) is 16.8 Å². The van der Waals surface area contributed by atoms with Crippen molar-refractivity contribution >= 4 is 57.4 Å². The Labute approximate surface area is 583 Å². The smallest absolute Gasteiger partial charge is 0.410 e. The molecule has 6 heterocycles. The number of piperazine rings is 1. The highest BCUT2D eigenvalue weighted by Crippen LogP contribution is 2.39. The lowest BCUT2D eigenvalue weighted by molar-refractivity contribution is -0.00367. The van der Waals surface area contributed by atoms with E-state index in [4.69, 9.17) is 19.2 Å². The van der Waals surface area contributed by atoms with Crippen molar-refractivity contribution in [2.24, 2.45) is 0 Å². The van der Waals surface area contributed by atoms with Crippen LogP contribution in [0.3, 0.4) is 0 Å². The van der Waals surface area contributed by atoms with Crippen LogP contribution < -0.4 is 31.6 Å². The van der Waals surface area contributed by atoms with Gasteiger partial charge in [-0.3, -0.25) is 29.1 Å². The van der Waals surface area contributed by atoms with Crippen molar-refractivity contribution in [2.45, 2.75) is 244 Å². The van der Waals surface area contributed by atoms with Gasteiger partial charge in [0.05, 0.1) is 5.69 Å². The van der Waals surface area contributed by atoms with Crippen molar-refractivity contribution in [2.75, 3.05) is 49.1 Å². The van der Waals surface area contributed by atoms with Gasteiger partial charge in [0.15, 0.2) is 0 Å². The predicted molar refractivity (Wildman–Crippen MR) is 388 cm³/mol. The molecule has 2 aromatic carbocycles. The summed E-state index contributed by atoms with van der Waals surface area (Å²) in [6.45, 7) is 45.8. The van der Waals surface area contributed by atoms with Crippen molar-refractivity contribution in [3.8, 4) is 11.1 Å². The van der Waals surface area contributed by atoms with Gasteiger partial charge in [-0.25, -0.2) is 14.4 Å². The fraction of sp³-hybridized carbons (Fsp3) is 0.573. The molecular weight excluding hydrogens is 1290 g/mol. The van der Waals surface area contributed by atoms with E-state index in [1.165, 1.54) is 0 Å². The summed E-state index contributed by atoms with van der Waals surface area (Å²) in [5.41, 5.74) is 9.60. The first-order chi connectivity index (χ1) is 45.3. The Morgan fingerprint density at radius 2 is 0.959 bits per heavy atom. The molecule has 4 atom stereocenters. The highest BCUT2D eigenvalue weighted by atomic mass is 79.9. The maximum Gasteiger partial charge on any atom is 0.410 e. The van der Waals surface area contributed by atoms with Crippen LogP contribution in [0.2, 0.25) is 0 Å². The van der Waals surface area contributed by atoms with Crippen LogP contribution in [-0.2, 0) is 33.8 Å². The van der Waals surface area contributed by atoms with Gasteiger partial charge in [-0.2, -0.15) is 0 Å². The molecule has 0 spiro atoms. The quantitative estimate of drug-likeness (QED) is 0.0714. The molecule has 3 aromatic heterocycles. The van der Waals surface area contributed by atoms with E-state index in [2.05, 4.69) is 105 Å². The van der Waals surface area contributed by atoms with Gasteiger partial charge in [0.2, 0.25) is 0 Å². The Kier molecular flexibility index (Phi) is 25.2. The normalized spacial score (nSPS) is 19.3. The number of halogens is 1.